The van der Waals surface area contributed by atoms with Gasteiger partial charge in [-0.05, 0) is 26.7 Å². The fourth-order valence-electron chi connectivity index (χ4n) is 3.41. The van der Waals surface area contributed by atoms with Crippen LogP contribution in [0.15, 0.2) is 6.20 Å². The number of halogens is 4. The van der Waals surface area contributed by atoms with Gasteiger partial charge in [0, 0.05) is 19.0 Å². The molecule has 0 aliphatic carbocycles. The summed E-state index contributed by atoms with van der Waals surface area (Å²) in [7, 11) is -3.17. The average Bonchev–Trinajstić information content (AvgIpc) is 3.00. The van der Waals surface area contributed by atoms with Crippen molar-refractivity contribution in [1.29, 1.82) is 5.26 Å². The molecule has 1 fully saturated rings. The first kappa shape index (κ1) is 26.7. The van der Waals surface area contributed by atoms with E-state index in [9.17, 15) is 36.3 Å². The number of hydrogen-bond acceptors (Lipinski definition) is 7. The summed E-state index contributed by atoms with van der Waals surface area (Å²) >= 11 is 0. The van der Waals surface area contributed by atoms with Gasteiger partial charge in [0.15, 0.2) is 0 Å². The van der Waals surface area contributed by atoms with Gasteiger partial charge >= 0.3 is 6.18 Å². The molecule has 0 bridgehead atoms. The maximum absolute atomic E-state index is 13.3. The lowest BCUT2D eigenvalue weighted by atomic mass is 9.87. The first-order valence-corrected chi connectivity index (χ1v) is 11.8. The predicted molar refractivity (Wildman–Crippen MR) is 112 cm³/mol. The van der Waals surface area contributed by atoms with Crippen LogP contribution in [-0.4, -0.2) is 63.5 Å². The lowest BCUT2D eigenvalue weighted by molar-refractivity contribution is -0.136. The number of sulfonamides is 1. The fourth-order valence-corrected chi connectivity index (χ4v) is 4.30. The Kier molecular flexibility index (Phi) is 7.62. The number of aromatic nitrogens is 3. The molecule has 14 heteroatoms. The highest BCUT2D eigenvalue weighted by atomic mass is 32.2. The molecule has 3 heterocycles. The van der Waals surface area contributed by atoms with Gasteiger partial charge in [0.2, 0.25) is 16.0 Å². The Morgan fingerprint density at radius 1 is 1.36 bits per heavy atom. The minimum Gasteiger partial charge on any atom is -0.390 e. The standard InChI is InChI=1S/C13H14F3N5O.C6H12FNO2S/c1-6(12(2,3)22)10-7(4-17)9(13(14,15)16)8-5-19-11(18)20-21(8)10;1-11(9,10)8-4-2-3-6(7)5-8/h5-6,22H,1-3H3,(H2,18,20);6H,2-5H2,1H3. The highest BCUT2D eigenvalue weighted by Gasteiger charge is 2.42. The van der Waals surface area contributed by atoms with Gasteiger partial charge in [0.05, 0.1) is 34.8 Å². The third kappa shape index (κ3) is 6.10. The number of nitrogen functional groups attached to an aromatic ring is 1. The summed E-state index contributed by atoms with van der Waals surface area (Å²) in [5, 5.41) is 23.1. The van der Waals surface area contributed by atoms with Crippen LogP contribution in [-0.2, 0) is 16.2 Å². The predicted octanol–water partition coefficient (Wildman–Crippen LogP) is 2.46. The van der Waals surface area contributed by atoms with E-state index >= 15 is 0 Å². The molecule has 0 saturated carbocycles. The first-order chi connectivity index (χ1) is 15.0. The van der Waals surface area contributed by atoms with Gasteiger partial charge in [0.1, 0.15) is 17.8 Å². The molecule has 2 unspecified atom stereocenters. The van der Waals surface area contributed by atoms with Gasteiger partial charge < -0.3 is 10.8 Å². The van der Waals surface area contributed by atoms with Crippen LogP contribution in [0.3, 0.4) is 0 Å². The van der Waals surface area contributed by atoms with Crippen molar-refractivity contribution in [3.63, 3.8) is 0 Å². The molecule has 0 aromatic carbocycles. The lowest BCUT2D eigenvalue weighted by Gasteiger charge is -2.26. The normalized spacial score (nSPS) is 19.0. The summed E-state index contributed by atoms with van der Waals surface area (Å²) in [4.78, 5) is 3.57. The number of aliphatic hydroxyl groups is 1. The van der Waals surface area contributed by atoms with Crippen LogP contribution < -0.4 is 5.73 Å². The van der Waals surface area contributed by atoms with Crippen molar-refractivity contribution in [2.45, 2.75) is 57.5 Å². The van der Waals surface area contributed by atoms with E-state index in [2.05, 4.69) is 10.1 Å². The van der Waals surface area contributed by atoms with Crippen LogP contribution >= 0.6 is 0 Å². The smallest absolute Gasteiger partial charge is 0.390 e. The van der Waals surface area contributed by atoms with E-state index < -0.39 is 45.0 Å². The molecule has 2 atom stereocenters. The second-order valence-electron chi connectivity index (χ2n) is 8.39. The molecule has 0 amide bonds. The maximum atomic E-state index is 13.3. The molecular formula is C19H26F4N6O3S. The zero-order valence-corrected chi connectivity index (χ0v) is 19.4. The molecule has 0 radical (unpaired) electrons. The largest absolute Gasteiger partial charge is 0.419 e. The number of alkyl halides is 4. The van der Waals surface area contributed by atoms with Gasteiger partial charge in [-0.15, -0.1) is 5.10 Å². The summed E-state index contributed by atoms with van der Waals surface area (Å²) in [5.74, 6) is -1.02. The van der Waals surface area contributed by atoms with Crippen molar-refractivity contribution in [3.05, 3.63) is 23.0 Å². The molecule has 2 aromatic rings. The fraction of sp³-hybridized carbons (Fsp3) is 0.632. The number of fused-ring (bicyclic) bond motifs is 1. The highest BCUT2D eigenvalue weighted by Crippen LogP contribution is 2.41. The van der Waals surface area contributed by atoms with Crippen LogP contribution in [0.2, 0.25) is 0 Å². The number of hydrogen-bond donors (Lipinski definition) is 2. The molecule has 2 aromatic heterocycles. The second-order valence-corrected chi connectivity index (χ2v) is 10.4. The van der Waals surface area contributed by atoms with E-state index in [4.69, 9.17) is 5.73 Å². The van der Waals surface area contributed by atoms with Gasteiger partial charge in [-0.25, -0.2) is 22.3 Å². The van der Waals surface area contributed by atoms with Gasteiger partial charge in [0.25, 0.3) is 0 Å². The maximum Gasteiger partial charge on any atom is 0.419 e. The number of rotatable bonds is 3. The molecule has 9 nitrogen and oxygen atoms in total. The quantitative estimate of drug-likeness (QED) is 0.625. The Bertz CT molecular complexity index is 1150. The molecule has 33 heavy (non-hydrogen) atoms. The third-order valence-corrected chi connectivity index (χ3v) is 6.67. The molecule has 3 rings (SSSR count). The molecule has 1 aliphatic heterocycles. The summed E-state index contributed by atoms with van der Waals surface area (Å²) in [6.07, 6.45) is -2.57. The summed E-state index contributed by atoms with van der Waals surface area (Å²) in [6.45, 7) is 4.91. The molecule has 184 valence electrons. The summed E-state index contributed by atoms with van der Waals surface area (Å²) < 4.78 is 76.5. The second kappa shape index (κ2) is 9.40. The zero-order chi connectivity index (χ0) is 25.4. The van der Waals surface area contributed by atoms with E-state index in [0.717, 1.165) is 17.0 Å². The summed E-state index contributed by atoms with van der Waals surface area (Å²) in [6, 6.07) is 1.57. The minimum atomic E-state index is -4.76. The molecule has 0 spiro atoms. The molecule has 1 saturated heterocycles. The Labute approximate surface area is 188 Å². The van der Waals surface area contributed by atoms with Crippen LogP contribution in [0.4, 0.5) is 23.5 Å². The Morgan fingerprint density at radius 3 is 2.39 bits per heavy atom. The zero-order valence-electron chi connectivity index (χ0n) is 18.6. The van der Waals surface area contributed by atoms with Gasteiger partial charge in [-0.2, -0.15) is 22.7 Å². The topological polar surface area (TPSA) is 138 Å². The van der Waals surface area contributed by atoms with E-state index in [0.29, 0.717) is 19.4 Å². The number of anilines is 1. The van der Waals surface area contributed by atoms with Crippen molar-refractivity contribution >= 4 is 21.5 Å². The SMILES string of the molecule is CC(c1c(C#N)c(C(F)(F)F)c2cnc(N)nn12)C(C)(C)O.CS(=O)(=O)N1CCCC(F)C1. The lowest BCUT2D eigenvalue weighted by Crippen LogP contribution is -2.39. The minimum absolute atomic E-state index is 0.0405. The van der Waals surface area contributed by atoms with E-state index in [1.165, 1.54) is 25.1 Å². The van der Waals surface area contributed by atoms with E-state index in [1.54, 1.807) is 6.07 Å². The Balaban J connectivity index is 0.000000294. The van der Waals surface area contributed by atoms with Crippen molar-refractivity contribution in [2.24, 2.45) is 0 Å². The van der Waals surface area contributed by atoms with Gasteiger partial charge in [-0.3, -0.25) is 0 Å². The number of nitrogens with two attached hydrogens (primary N) is 1. The average molecular weight is 495 g/mol. The summed E-state index contributed by atoms with van der Waals surface area (Å²) in [5.41, 5.74) is 1.96. The van der Waals surface area contributed by atoms with Crippen molar-refractivity contribution in [3.8, 4) is 6.07 Å². The van der Waals surface area contributed by atoms with Gasteiger partial charge in [-0.1, -0.05) is 6.92 Å². The van der Waals surface area contributed by atoms with E-state index in [-0.39, 0.29) is 23.7 Å². The van der Waals surface area contributed by atoms with Crippen LogP contribution in [0, 0.1) is 11.3 Å². The molecule has 1 aliphatic rings. The molecular weight excluding hydrogens is 468 g/mol. The molecule has 3 N–H and O–H groups in total. The first-order valence-electron chi connectivity index (χ1n) is 9.94. The monoisotopic (exact) mass is 494 g/mol. The van der Waals surface area contributed by atoms with E-state index in [1.807, 2.05) is 0 Å². The number of piperidine rings is 1. The van der Waals surface area contributed by atoms with Crippen molar-refractivity contribution in [2.75, 3.05) is 25.1 Å². The van der Waals surface area contributed by atoms with Crippen LogP contribution in [0.5, 0.6) is 0 Å². The van der Waals surface area contributed by atoms with Crippen molar-refractivity contribution in [1.82, 2.24) is 18.9 Å². The van der Waals surface area contributed by atoms with Crippen molar-refractivity contribution < 1.29 is 31.1 Å². The Morgan fingerprint density at radius 2 is 1.97 bits per heavy atom. The highest BCUT2D eigenvalue weighted by molar-refractivity contribution is 7.88. The van der Waals surface area contributed by atoms with Crippen LogP contribution in [0.25, 0.3) is 5.52 Å². The number of nitriles is 1. The number of nitrogens with zero attached hydrogens (tertiary/aromatic N) is 5. The third-order valence-electron chi connectivity index (χ3n) is 5.40. The Hall–Kier alpha value is -2.50. The van der Waals surface area contributed by atoms with Crippen LogP contribution in [0.1, 0.15) is 56.4 Å².